The average Bonchev–Trinajstić information content (AvgIpc) is 2.87. The lowest BCUT2D eigenvalue weighted by atomic mass is 9.96. The molecule has 3 atom stereocenters. The minimum atomic E-state index is -0.173. The summed E-state index contributed by atoms with van der Waals surface area (Å²) >= 11 is 0. The van der Waals surface area contributed by atoms with Crippen LogP contribution < -0.4 is 0 Å². The molecule has 2 aliphatic rings. The van der Waals surface area contributed by atoms with Crippen LogP contribution in [0.4, 0.5) is 0 Å². The van der Waals surface area contributed by atoms with E-state index in [-0.39, 0.29) is 5.97 Å². The van der Waals surface area contributed by atoms with E-state index in [1.165, 1.54) is 30.9 Å². The molecule has 2 rings (SSSR count). The van der Waals surface area contributed by atoms with Crippen LogP contribution in [-0.2, 0) is 9.53 Å². The molecule has 0 aliphatic heterocycles. The minimum absolute atomic E-state index is 0.173. The Bertz CT molecular complexity index is 440. The Hall–Kier alpha value is -1.05. The van der Waals surface area contributed by atoms with Crippen LogP contribution in [0.25, 0.3) is 0 Å². The lowest BCUT2D eigenvalue weighted by Crippen LogP contribution is -2.09. The first-order chi connectivity index (χ1) is 8.86. The van der Waals surface area contributed by atoms with Gasteiger partial charge in [0.2, 0.25) is 0 Å². The van der Waals surface area contributed by atoms with Crippen molar-refractivity contribution in [2.45, 2.75) is 60.3 Å². The van der Waals surface area contributed by atoms with Gasteiger partial charge in [0.15, 0.2) is 0 Å². The molecule has 0 bridgehead atoms. The van der Waals surface area contributed by atoms with E-state index in [4.69, 9.17) is 4.74 Å². The molecular weight excluding hydrogens is 236 g/mol. The van der Waals surface area contributed by atoms with Gasteiger partial charge in [0.25, 0.3) is 0 Å². The van der Waals surface area contributed by atoms with Crippen molar-refractivity contribution in [2.75, 3.05) is 0 Å². The lowest BCUT2D eigenvalue weighted by Gasteiger charge is -2.16. The average molecular weight is 262 g/mol. The summed E-state index contributed by atoms with van der Waals surface area (Å²) in [4.78, 5) is 11.3. The highest BCUT2D eigenvalue weighted by atomic mass is 16.5. The third-order valence-corrected chi connectivity index (χ3v) is 4.87. The van der Waals surface area contributed by atoms with Crippen molar-refractivity contribution in [3.63, 3.8) is 0 Å². The standard InChI is InChI=1S/C17H26O2/c1-11(2)7-6-10-17(5)14-9-8-12(3)16(15(14)17)19-13(4)18/h7,14-15H,6,8-10H2,1-5H3/t14-,15-,17+/m1/s1. The van der Waals surface area contributed by atoms with Gasteiger partial charge < -0.3 is 4.74 Å². The first kappa shape index (κ1) is 14.4. The van der Waals surface area contributed by atoms with Crippen LogP contribution in [0.2, 0.25) is 0 Å². The maximum atomic E-state index is 11.3. The third-order valence-electron chi connectivity index (χ3n) is 4.87. The number of fused-ring (bicyclic) bond motifs is 1. The van der Waals surface area contributed by atoms with Crippen LogP contribution >= 0.6 is 0 Å². The van der Waals surface area contributed by atoms with Gasteiger partial charge >= 0.3 is 5.97 Å². The number of ether oxygens (including phenoxy) is 1. The molecule has 0 N–H and O–H groups in total. The fourth-order valence-corrected chi connectivity index (χ4v) is 3.72. The molecule has 0 saturated heterocycles. The van der Waals surface area contributed by atoms with Crippen LogP contribution in [-0.4, -0.2) is 5.97 Å². The molecule has 1 saturated carbocycles. The summed E-state index contributed by atoms with van der Waals surface area (Å²) in [7, 11) is 0. The summed E-state index contributed by atoms with van der Waals surface area (Å²) in [6.45, 7) is 10.3. The second-order valence-electron chi connectivity index (χ2n) is 6.69. The molecule has 0 aromatic heterocycles. The number of hydrogen-bond donors (Lipinski definition) is 0. The summed E-state index contributed by atoms with van der Waals surface area (Å²) in [5, 5.41) is 0. The molecule has 0 heterocycles. The Morgan fingerprint density at radius 2 is 2.11 bits per heavy atom. The Morgan fingerprint density at radius 1 is 1.42 bits per heavy atom. The fourth-order valence-electron chi connectivity index (χ4n) is 3.72. The molecule has 2 nitrogen and oxygen atoms in total. The van der Waals surface area contributed by atoms with Crippen molar-refractivity contribution in [1.29, 1.82) is 0 Å². The quantitative estimate of drug-likeness (QED) is 0.546. The van der Waals surface area contributed by atoms with Gasteiger partial charge in [-0.3, -0.25) is 4.79 Å². The van der Waals surface area contributed by atoms with Gasteiger partial charge in [-0.2, -0.15) is 0 Å². The topological polar surface area (TPSA) is 26.3 Å². The third kappa shape index (κ3) is 2.77. The highest BCUT2D eigenvalue weighted by molar-refractivity contribution is 5.67. The Morgan fingerprint density at radius 3 is 2.68 bits per heavy atom. The summed E-state index contributed by atoms with van der Waals surface area (Å²) in [5.74, 6) is 2.02. The molecule has 1 fully saturated rings. The van der Waals surface area contributed by atoms with Gasteiger partial charge in [-0.05, 0) is 63.4 Å². The highest BCUT2D eigenvalue weighted by Gasteiger charge is 2.63. The first-order valence-corrected chi connectivity index (χ1v) is 7.37. The molecule has 0 spiro atoms. The SMILES string of the molecule is CC(=O)OC1=C(C)CC[C@@H]2[C@H]1[C@@]2(C)CCC=C(C)C. The van der Waals surface area contributed by atoms with E-state index in [0.717, 1.165) is 24.5 Å². The largest absolute Gasteiger partial charge is 0.431 e. The molecule has 0 aromatic carbocycles. The van der Waals surface area contributed by atoms with E-state index in [1.807, 2.05) is 0 Å². The Balaban J connectivity index is 2.08. The molecule has 2 aliphatic carbocycles. The van der Waals surface area contributed by atoms with E-state index in [1.54, 1.807) is 0 Å². The van der Waals surface area contributed by atoms with Crippen molar-refractivity contribution >= 4 is 5.97 Å². The van der Waals surface area contributed by atoms with Gasteiger partial charge in [-0.15, -0.1) is 0 Å². The van der Waals surface area contributed by atoms with Gasteiger partial charge in [-0.1, -0.05) is 18.6 Å². The van der Waals surface area contributed by atoms with Gasteiger partial charge in [0.1, 0.15) is 5.76 Å². The molecule has 0 amide bonds. The highest BCUT2D eigenvalue weighted by Crippen LogP contribution is 2.69. The number of carbonyl (C=O) groups excluding carboxylic acids is 1. The van der Waals surface area contributed by atoms with Crippen molar-refractivity contribution < 1.29 is 9.53 Å². The molecule has 2 heteroatoms. The predicted molar refractivity (Wildman–Crippen MR) is 77.5 cm³/mol. The van der Waals surface area contributed by atoms with Crippen LogP contribution in [0.3, 0.4) is 0 Å². The maximum Gasteiger partial charge on any atom is 0.307 e. The van der Waals surface area contributed by atoms with Crippen molar-refractivity contribution in [3.05, 3.63) is 23.0 Å². The maximum absolute atomic E-state index is 11.3. The minimum Gasteiger partial charge on any atom is -0.431 e. The summed E-state index contributed by atoms with van der Waals surface area (Å²) in [6.07, 6.45) is 7.00. The van der Waals surface area contributed by atoms with Crippen LogP contribution in [0, 0.1) is 17.3 Å². The van der Waals surface area contributed by atoms with Crippen LogP contribution in [0.15, 0.2) is 23.0 Å². The zero-order valence-electron chi connectivity index (χ0n) is 12.9. The van der Waals surface area contributed by atoms with E-state index in [2.05, 4.69) is 33.8 Å². The van der Waals surface area contributed by atoms with E-state index in [9.17, 15) is 4.79 Å². The second-order valence-corrected chi connectivity index (χ2v) is 6.69. The summed E-state index contributed by atoms with van der Waals surface area (Å²) in [5.41, 5.74) is 3.01. The smallest absolute Gasteiger partial charge is 0.307 e. The summed E-state index contributed by atoms with van der Waals surface area (Å²) < 4.78 is 5.51. The molecule has 0 unspecified atom stereocenters. The van der Waals surface area contributed by atoms with Gasteiger partial charge in [0.05, 0.1) is 0 Å². The first-order valence-electron chi connectivity index (χ1n) is 7.37. The normalized spacial score (nSPS) is 32.7. The molecule has 19 heavy (non-hydrogen) atoms. The zero-order valence-corrected chi connectivity index (χ0v) is 12.9. The van der Waals surface area contributed by atoms with E-state index in [0.29, 0.717) is 11.3 Å². The van der Waals surface area contributed by atoms with Crippen molar-refractivity contribution in [1.82, 2.24) is 0 Å². The number of allylic oxidation sites excluding steroid dienone is 4. The monoisotopic (exact) mass is 262 g/mol. The number of rotatable bonds is 4. The molecular formula is C17H26O2. The molecule has 0 aromatic rings. The fraction of sp³-hybridized carbons (Fsp3) is 0.706. The lowest BCUT2D eigenvalue weighted by molar-refractivity contribution is -0.137. The zero-order chi connectivity index (χ0) is 14.2. The van der Waals surface area contributed by atoms with Gasteiger partial charge in [-0.25, -0.2) is 0 Å². The summed E-state index contributed by atoms with van der Waals surface area (Å²) in [6, 6.07) is 0. The Kier molecular flexibility index (Phi) is 3.89. The van der Waals surface area contributed by atoms with E-state index < -0.39 is 0 Å². The van der Waals surface area contributed by atoms with Crippen molar-refractivity contribution in [2.24, 2.45) is 17.3 Å². The predicted octanol–water partition coefficient (Wildman–Crippen LogP) is 4.62. The number of esters is 1. The van der Waals surface area contributed by atoms with Gasteiger partial charge in [0, 0.05) is 12.8 Å². The molecule has 0 radical (unpaired) electrons. The second kappa shape index (κ2) is 5.15. The number of hydrogen-bond acceptors (Lipinski definition) is 2. The molecule has 106 valence electrons. The van der Waals surface area contributed by atoms with Crippen LogP contribution in [0.1, 0.15) is 60.3 Å². The number of carbonyl (C=O) groups is 1. The van der Waals surface area contributed by atoms with Crippen LogP contribution in [0.5, 0.6) is 0 Å². The van der Waals surface area contributed by atoms with E-state index >= 15 is 0 Å². The van der Waals surface area contributed by atoms with Crippen molar-refractivity contribution in [3.8, 4) is 0 Å². The Labute approximate surface area is 116 Å².